The van der Waals surface area contributed by atoms with Gasteiger partial charge in [-0.15, -0.1) is 0 Å². The van der Waals surface area contributed by atoms with Crippen molar-refractivity contribution in [3.05, 3.63) is 47.7 Å². The molecule has 2 aromatic rings. The van der Waals surface area contributed by atoms with Crippen LogP contribution in [0.2, 0.25) is 0 Å². The second-order valence-corrected chi connectivity index (χ2v) is 12.3. The molecule has 0 radical (unpaired) electrons. The summed E-state index contributed by atoms with van der Waals surface area (Å²) in [6.45, 7) is 8.26. The van der Waals surface area contributed by atoms with Crippen molar-refractivity contribution in [3.63, 3.8) is 0 Å². The maximum atomic E-state index is 13.6. The van der Waals surface area contributed by atoms with E-state index in [4.69, 9.17) is 14.5 Å². The molecule has 43 heavy (non-hydrogen) atoms. The zero-order valence-corrected chi connectivity index (χ0v) is 25.2. The zero-order valence-electron chi connectivity index (χ0n) is 25.2. The number of carbonyl (C=O) groups excluding carboxylic acids is 4. The predicted octanol–water partition coefficient (Wildman–Crippen LogP) is 2.80. The van der Waals surface area contributed by atoms with Crippen LogP contribution < -0.4 is 16.1 Å². The van der Waals surface area contributed by atoms with Crippen LogP contribution in [0.5, 0.6) is 0 Å². The molecule has 0 spiro atoms. The van der Waals surface area contributed by atoms with E-state index < -0.39 is 35.5 Å². The topological polar surface area (TPSA) is 139 Å². The number of cyclic esters (lactones) is 1. The molecule has 3 amide bonds. The van der Waals surface area contributed by atoms with Gasteiger partial charge in [0.05, 0.1) is 22.7 Å². The summed E-state index contributed by atoms with van der Waals surface area (Å²) in [6.07, 6.45) is 4.81. The highest BCUT2D eigenvalue weighted by atomic mass is 16.6. The number of amides is 3. The minimum atomic E-state index is -1.08. The van der Waals surface area contributed by atoms with E-state index in [9.17, 15) is 19.2 Å². The van der Waals surface area contributed by atoms with Crippen molar-refractivity contribution in [1.82, 2.24) is 26.1 Å². The monoisotopic (exact) mass is 591 g/mol. The third-order valence-corrected chi connectivity index (χ3v) is 8.44. The number of benzene rings is 1. The van der Waals surface area contributed by atoms with Gasteiger partial charge < -0.3 is 20.1 Å². The Morgan fingerprint density at radius 3 is 2.42 bits per heavy atom. The van der Waals surface area contributed by atoms with Gasteiger partial charge >= 0.3 is 5.97 Å². The molecule has 3 aliphatic heterocycles. The van der Waals surface area contributed by atoms with Crippen LogP contribution in [0.4, 0.5) is 0 Å². The van der Waals surface area contributed by atoms with Crippen LogP contribution in [0.1, 0.15) is 70.7 Å². The molecular formula is C32H41N5O6. The van der Waals surface area contributed by atoms with Crippen molar-refractivity contribution in [2.24, 2.45) is 11.3 Å². The van der Waals surface area contributed by atoms with Gasteiger partial charge in [-0.3, -0.25) is 29.2 Å². The first-order valence-electron chi connectivity index (χ1n) is 15.1. The normalized spacial score (nSPS) is 28.6. The van der Waals surface area contributed by atoms with Crippen LogP contribution in [0.3, 0.4) is 0 Å². The standard InChI is InChI=1S/C32H41N5O6/c1-19-24-10-9-22-8-7-21(18-26(22)35-24)11-14-32(3,4)31(41)43-27(23-12-16-42-17-13-23)29(39)34-20(2)30(40)37-15-5-6-25(36-37)28(38)33-19/h7-11,14,18-20,23,25,27,36H,5-6,12-13,15-17H2,1-4H3,(H,33,38)(H,34,39)/b14-11+/t19-,20+,25+,27+/m1/s1. The number of aromatic nitrogens is 1. The molecule has 1 aromatic heterocycles. The summed E-state index contributed by atoms with van der Waals surface area (Å²) in [5, 5.41) is 8.13. The number of carbonyl (C=O) groups is 4. The lowest BCUT2D eigenvalue weighted by Gasteiger charge is -2.36. The fourth-order valence-electron chi connectivity index (χ4n) is 5.63. The first kappa shape index (κ1) is 30.6. The van der Waals surface area contributed by atoms with E-state index in [2.05, 4.69) is 16.1 Å². The van der Waals surface area contributed by atoms with Gasteiger partial charge in [0.25, 0.3) is 11.8 Å². The zero-order chi connectivity index (χ0) is 30.7. The molecule has 2 fully saturated rings. The molecule has 4 atom stereocenters. The number of hydrazine groups is 1. The predicted molar refractivity (Wildman–Crippen MR) is 160 cm³/mol. The summed E-state index contributed by atoms with van der Waals surface area (Å²) in [4.78, 5) is 58.5. The van der Waals surface area contributed by atoms with Crippen LogP contribution in [-0.4, -0.2) is 71.6 Å². The SMILES string of the molecule is C[C@@H]1NC(=O)[C@H](C2CCOCC2)OC(=O)C(C)(C)/C=C/c2ccc3ccc(nc3c2)[C@@H](C)NC(=O)[C@@H]2CCCN(N2)C1=O. The fourth-order valence-corrected chi connectivity index (χ4v) is 5.63. The summed E-state index contributed by atoms with van der Waals surface area (Å²) < 4.78 is 11.4. The number of ether oxygens (including phenoxy) is 2. The highest BCUT2D eigenvalue weighted by Crippen LogP contribution is 2.28. The minimum Gasteiger partial charge on any atom is -0.451 e. The van der Waals surface area contributed by atoms with E-state index in [-0.39, 0.29) is 23.8 Å². The van der Waals surface area contributed by atoms with Crippen LogP contribution >= 0.6 is 0 Å². The molecule has 1 aromatic carbocycles. The Labute approximate surface area is 251 Å². The second kappa shape index (κ2) is 12.8. The minimum absolute atomic E-state index is 0.236. The van der Waals surface area contributed by atoms with Gasteiger partial charge in [0.2, 0.25) is 5.91 Å². The lowest BCUT2D eigenvalue weighted by atomic mass is 9.90. The molecule has 3 aliphatic rings. The lowest BCUT2D eigenvalue weighted by Crippen LogP contribution is -2.61. The van der Waals surface area contributed by atoms with Crippen LogP contribution in [0, 0.1) is 11.3 Å². The Bertz CT molecular complexity index is 1420. The van der Waals surface area contributed by atoms with Gasteiger partial charge in [0, 0.05) is 31.1 Å². The van der Waals surface area contributed by atoms with E-state index in [0.717, 1.165) is 16.5 Å². The molecule has 0 saturated carbocycles. The molecule has 2 saturated heterocycles. The van der Waals surface area contributed by atoms with Crippen LogP contribution in [0.15, 0.2) is 36.4 Å². The number of nitrogens with zero attached hydrogens (tertiary/aromatic N) is 2. The smallest absolute Gasteiger partial charge is 0.316 e. The van der Waals surface area contributed by atoms with Crippen molar-refractivity contribution in [2.45, 2.75) is 77.6 Å². The quantitative estimate of drug-likeness (QED) is 0.431. The highest BCUT2D eigenvalue weighted by molar-refractivity contribution is 5.91. The van der Waals surface area contributed by atoms with E-state index in [1.54, 1.807) is 26.8 Å². The lowest BCUT2D eigenvalue weighted by molar-refractivity contribution is -0.168. The number of esters is 1. The first-order chi connectivity index (χ1) is 20.5. The van der Waals surface area contributed by atoms with Gasteiger partial charge in [-0.2, -0.15) is 0 Å². The van der Waals surface area contributed by atoms with Gasteiger partial charge in [-0.05, 0) is 71.1 Å². The van der Waals surface area contributed by atoms with Crippen LogP contribution in [0.25, 0.3) is 17.0 Å². The average molecular weight is 592 g/mol. The average Bonchev–Trinajstić information content (AvgIpc) is 3.01. The molecule has 5 bridgehead atoms. The van der Waals surface area contributed by atoms with Gasteiger partial charge in [0.1, 0.15) is 12.1 Å². The van der Waals surface area contributed by atoms with Gasteiger partial charge in [0.15, 0.2) is 6.10 Å². The van der Waals surface area contributed by atoms with Crippen molar-refractivity contribution in [2.75, 3.05) is 19.8 Å². The molecule has 11 heteroatoms. The van der Waals surface area contributed by atoms with Crippen molar-refractivity contribution in [3.8, 4) is 0 Å². The summed E-state index contributed by atoms with van der Waals surface area (Å²) >= 11 is 0. The number of rotatable bonds is 1. The summed E-state index contributed by atoms with van der Waals surface area (Å²) in [5.41, 5.74) is 4.31. The Kier molecular flexibility index (Phi) is 9.12. The van der Waals surface area contributed by atoms with E-state index in [0.29, 0.717) is 51.1 Å². The number of hydrogen-bond acceptors (Lipinski definition) is 8. The van der Waals surface area contributed by atoms with Crippen molar-refractivity contribution in [1.29, 1.82) is 0 Å². The van der Waals surface area contributed by atoms with E-state index in [1.807, 2.05) is 43.3 Å². The Hall–Kier alpha value is -3.83. The highest BCUT2D eigenvalue weighted by Gasteiger charge is 2.39. The molecule has 0 unspecified atom stereocenters. The number of hydrogen-bond donors (Lipinski definition) is 3. The third-order valence-electron chi connectivity index (χ3n) is 8.44. The molecule has 230 valence electrons. The van der Waals surface area contributed by atoms with Crippen molar-refractivity contribution < 1.29 is 28.7 Å². The first-order valence-corrected chi connectivity index (χ1v) is 15.1. The van der Waals surface area contributed by atoms with Gasteiger partial charge in [-0.25, -0.2) is 5.43 Å². The fraction of sp³-hybridized carbons (Fsp3) is 0.531. The summed E-state index contributed by atoms with van der Waals surface area (Å²) in [6, 6.07) is 7.79. The molecule has 3 N–H and O–H groups in total. The molecule has 4 heterocycles. The van der Waals surface area contributed by atoms with Crippen molar-refractivity contribution >= 4 is 40.7 Å². The van der Waals surface area contributed by atoms with Gasteiger partial charge in [-0.1, -0.05) is 30.4 Å². The number of fused-ring (bicyclic) bond motifs is 4. The molecule has 5 rings (SSSR count). The number of pyridine rings is 1. The largest absolute Gasteiger partial charge is 0.451 e. The third kappa shape index (κ3) is 7.05. The summed E-state index contributed by atoms with van der Waals surface area (Å²) in [5.74, 6) is -1.93. The maximum Gasteiger partial charge on any atom is 0.316 e. The van der Waals surface area contributed by atoms with E-state index >= 15 is 0 Å². The maximum absolute atomic E-state index is 13.6. The Balaban J connectivity index is 1.49. The second-order valence-electron chi connectivity index (χ2n) is 12.3. The van der Waals surface area contributed by atoms with E-state index in [1.165, 1.54) is 5.01 Å². The molecular weight excluding hydrogens is 550 g/mol. The van der Waals surface area contributed by atoms with Crippen LogP contribution in [-0.2, 0) is 28.7 Å². The summed E-state index contributed by atoms with van der Waals surface area (Å²) in [7, 11) is 0. The molecule has 11 nitrogen and oxygen atoms in total. The molecule has 0 aliphatic carbocycles. The number of nitrogens with one attached hydrogen (secondary N) is 3. The Morgan fingerprint density at radius 2 is 1.65 bits per heavy atom. The Morgan fingerprint density at radius 1 is 0.930 bits per heavy atom.